The number of ether oxygens (including phenoxy) is 1. The molecule has 0 N–H and O–H groups in total. The number of anilines is 1. The Morgan fingerprint density at radius 2 is 1.70 bits per heavy atom. The first-order valence-electron chi connectivity index (χ1n) is 11.1. The Hall–Kier alpha value is -2.40. The molecule has 160 valence electrons. The van der Waals surface area contributed by atoms with Crippen molar-refractivity contribution in [3.8, 4) is 0 Å². The third-order valence-corrected chi connectivity index (χ3v) is 6.22. The third-order valence-electron chi connectivity index (χ3n) is 6.22. The molecule has 2 fully saturated rings. The molecule has 4 rings (SSSR count). The van der Waals surface area contributed by atoms with Crippen molar-refractivity contribution in [1.29, 1.82) is 0 Å². The molecule has 0 radical (unpaired) electrons. The fourth-order valence-electron chi connectivity index (χ4n) is 4.97. The number of fused-ring (bicyclic) bond motifs is 2. The van der Waals surface area contributed by atoms with E-state index in [4.69, 9.17) is 4.74 Å². The average molecular weight is 408 g/mol. The van der Waals surface area contributed by atoms with Gasteiger partial charge in [0.25, 0.3) is 0 Å². The van der Waals surface area contributed by atoms with Gasteiger partial charge >= 0.3 is 6.09 Å². The molecule has 0 aliphatic carbocycles. The number of hydrogen-bond acceptors (Lipinski definition) is 4. The first kappa shape index (κ1) is 20.9. The number of hydrogen-bond donors (Lipinski definition) is 0. The highest BCUT2D eigenvalue weighted by Gasteiger charge is 2.41. The third kappa shape index (κ3) is 5.01. The van der Waals surface area contributed by atoms with Gasteiger partial charge in [0.05, 0.1) is 5.69 Å². The molecule has 5 nitrogen and oxygen atoms in total. The van der Waals surface area contributed by atoms with Gasteiger partial charge in [0.15, 0.2) is 0 Å². The van der Waals surface area contributed by atoms with E-state index in [0.717, 1.165) is 25.1 Å². The van der Waals surface area contributed by atoms with E-state index in [1.165, 1.54) is 18.4 Å². The van der Waals surface area contributed by atoms with Crippen LogP contribution in [-0.4, -0.2) is 40.2 Å². The highest BCUT2D eigenvalue weighted by Crippen LogP contribution is 2.40. The van der Waals surface area contributed by atoms with Gasteiger partial charge in [0.2, 0.25) is 0 Å². The van der Waals surface area contributed by atoms with Crippen LogP contribution in [0.1, 0.15) is 52.0 Å². The van der Waals surface area contributed by atoms with Gasteiger partial charge in [-0.2, -0.15) is 0 Å². The van der Waals surface area contributed by atoms with Crippen molar-refractivity contribution >= 4 is 11.8 Å². The van der Waals surface area contributed by atoms with E-state index >= 15 is 0 Å². The van der Waals surface area contributed by atoms with E-state index in [9.17, 15) is 4.79 Å². The van der Waals surface area contributed by atoms with Gasteiger partial charge in [0.1, 0.15) is 5.60 Å². The monoisotopic (exact) mass is 407 g/mol. The van der Waals surface area contributed by atoms with Crippen LogP contribution in [0.2, 0.25) is 0 Å². The van der Waals surface area contributed by atoms with Crippen molar-refractivity contribution in [2.45, 2.75) is 70.7 Å². The molecule has 1 aromatic carbocycles. The van der Waals surface area contributed by atoms with E-state index in [0.29, 0.717) is 24.5 Å². The molecule has 3 heterocycles. The van der Waals surface area contributed by atoms with Crippen molar-refractivity contribution in [3.05, 3.63) is 60.4 Å². The molecule has 1 amide bonds. The lowest BCUT2D eigenvalue weighted by atomic mass is 9.89. The predicted octanol–water partition coefficient (Wildman–Crippen LogP) is 5.27. The minimum Gasteiger partial charge on any atom is -0.443 e. The highest BCUT2D eigenvalue weighted by atomic mass is 16.6. The van der Waals surface area contributed by atoms with Crippen LogP contribution in [0, 0.1) is 5.92 Å². The van der Waals surface area contributed by atoms with Crippen molar-refractivity contribution in [2.24, 2.45) is 5.92 Å². The van der Waals surface area contributed by atoms with E-state index in [-0.39, 0.29) is 6.09 Å². The second kappa shape index (κ2) is 8.76. The number of carbonyl (C=O) groups is 1. The molecule has 2 aliphatic rings. The van der Waals surface area contributed by atoms with E-state index in [2.05, 4.69) is 40.2 Å². The maximum atomic E-state index is 13.0. The van der Waals surface area contributed by atoms with Crippen LogP contribution in [0.5, 0.6) is 0 Å². The van der Waals surface area contributed by atoms with Gasteiger partial charge in [-0.15, -0.1) is 0 Å². The first-order valence-corrected chi connectivity index (χ1v) is 11.1. The smallest absolute Gasteiger partial charge is 0.414 e. The lowest BCUT2D eigenvalue weighted by Gasteiger charge is -2.40. The number of carbonyl (C=O) groups excluding carboxylic acids is 1. The van der Waals surface area contributed by atoms with E-state index in [1.54, 1.807) is 12.4 Å². The molecule has 2 aromatic rings. The normalized spacial score (nSPS) is 23.9. The summed E-state index contributed by atoms with van der Waals surface area (Å²) in [7, 11) is 0. The van der Waals surface area contributed by atoms with Crippen molar-refractivity contribution < 1.29 is 9.53 Å². The summed E-state index contributed by atoms with van der Waals surface area (Å²) in [4.78, 5) is 21.6. The number of piperidine rings is 1. The van der Waals surface area contributed by atoms with E-state index < -0.39 is 5.60 Å². The fourth-order valence-corrected chi connectivity index (χ4v) is 4.97. The Balaban J connectivity index is 1.45. The molecule has 0 saturated carbocycles. The highest BCUT2D eigenvalue weighted by molar-refractivity contribution is 5.87. The van der Waals surface area contributed by atoms with Crippen LogP contribution < -0.4 is 4.90 Å². The van der Waals surface area contributed by atoms with Gasteiger partial charge in [-0.25, -0.2) is 4.79 Å². The molecular weight excluding hydrogens is 374 g/mol. The number of amides is 1. The summed E-state index contributed by atoms with van der Waals surface area (Å²) in [5, 5.41) is 0. The molecular formula is C25H33N3O2. The van der Waals surface area contributed by atoms with Gasteiger partial charge in [-0.1, -0.05) is 30.3 Å². The minimum atomic E-state index is -0.513. The number of benzene rings is 1. The van der Waals surface area contributed by atoms with Crippen molar-refractivity contribution in [2.75, 3.05) is 11.4 Å². The van der Waals surface area contributed by atoms with Crippen molar-refractivity contribution in [1.82, 2.24) is 9.88 Å². The number of pyridine rings is 1. The quantitative estimate of drug-likeness (QED) is 0.678. The molecule has 1 aromatic heterocycles. The summed E-state index contributed by atoms with van der Waals surface area (Å²) >= 11 is 0. The maximum Gasteiger partial charge on any atom is 0.414 e. The zero-order chi connectivity index (χ0) is 21.1. The zero-order valence-corrected chi connectivity index (χ0v) is 18.3. The molecule has 2 aliphatic heterocycles. The molecule has 2 atom stereocenters. The second-order valence-corrected chi connectivity index (χ2v) is 9.68. The van der Waals surface area contributed by atoms with Crippen LogP contribution in [0.25, 0.3) is 0 Å². The summed E-state index contributed by atoms with van der Waals surface area (Å²) in [6.45, 7) is 7.47. The molecule has 2 saturated heterocycles. The molecule has 2 unspecified atom stereocenters. The van der Waals surface area contributed by atoms with Crippen molar-refractivity contribution in [3.63, 3.8) is 0 Å². The molecule has 2 bridgehead atoms. The first-order chi connectivity index (χ1) is 14.4. The summed E-state index contributed by atoms with van der Waals surface area (Å²) in [5.41, 5.74) is 1.73. The van der Waals surface area contributed by atoms with Crippen LogP contribution in [0.4, 0.5) is 10.5 Å². The van der Waals surface area contributed by atoms with Gasteiger partial charge < -0.3 is 4.74 Å². The average Bonchev–Trinajstić information content (AvgIpc) is 2.94. The molecule has 5 heteroatoms. The summed E-state index contributed by atoms with van der Waals surface area (Å²) in [6, 6.07) is 15.8. The SMILES string of the molecule is CC(C)(C)OC(=O)N(CC1CC2CCC(C1)N2Cc1ccccc1)c1ccncc1. The van der Waals surface area contributed by atoms with E-state index in [1.807, 2.05) is 37.8 Å². The number of rotatable bonds is 5. The topological polar surface area (TPSA) is 45.7 Å². The maximum absolute atomic E-state index is 13.0. The Bertz CT molecular complexity index is 820. The minimum absolute atomic E-state index is 0.271. The lowest BCUT2D eigenvalue weighted by Crippen LogP contribution is -2.47. The summed E-state index contributed by atoms with van der Waals surface area (Å²) in [5.74, 6) is 0.482. The lowest BCUT2D eigenvalue weighted by molar-refractivity contribution is 0.0550. The number of aromatic nitrogens is 1. The van der Waals surface area contributed by atoms with Crippen LogP contribution >= 0.6 is 0 Å². The molecule has 0 spiro atoms. The largest absolute Gasteiger partial charge is 0.443 e. The predicted molar refractivity (Wildman–Crippen MR) is 119 cm³/mol. The van der Waals surface area contributed by atoms with Gasteiger partial charge in [0, 0.05) is 37.6 Å². The number of nitrogens with zero attached hydrogens (tertiary/aromatic N) is 3. The van der Waals surface area contributed by atoms with Gasteiger partial charge in [-0.3, -0.25) is 14.8 Å². The zero-order valence-electron chi connectivity index (χ0n) is 18.3. The second-order valence-electron chi connectivity index (χ2n) is 9.68. The Kier molecular flexibility index (Phi) is 6.09. The van der Waals surface area contributed by atoms with Crippen LogP contribution in [0.15, 0.2) is 54.9 Å². The standard InChI is InChI=1S/C25H33N3O2/c1-25(2,3)30-24(29)28(21-11-13-26-14-12-21)18-20-15-22-9-10-23(16-20)27(22)17-19-7-5-4-6-8-19/h4-8,11-14,20,22-23H,9-10,15-18H2,1-3H3. The summed E-state index contributed by atoms with van der Waals surface area (Å²) < 4.78 is 5.72. The van der Waals surface area contributed by atoms with Gasteiger partial charge in [-0.05, 0) is 70.1 Å². The van der Waals surface area contributed by atoms with Crippen LogP contribution in [-0.2, 0) is 11.3 Å². The fraction of sp³-hybridized carbons (Fsp3) is 0.520. The Morgan fingerprint density at radius 1 is 1.07 bits per heavy atom. The summed E-state index contributed by atoms with van der Waals surface area (Å²) in [6.07, 6.45) is 7.98. The Labute approximate surface area is 180 Å². The Morgan fingerprint density at radius 3 is 2.30 bits per heavy atom. The molecule has 30 heavy (non-hydrogen) atoms. The van der Waals surface area contributed by atoms with Crippen LogP contribution in [0.3, 0.4) is 0 Å².